The van der Waals surface area contributed by atoms with Gasteiger partial charge in [0.2, 0.25) is 0 Å². The van der Waals surface area contributed by atoms with Crippen molar-refractivity contribution in [1.82, 2.24) is 0 Å². The van der Waals surface area contributed by atoms with E-state index >= 15 is 0 Å². The zero-order valence-corrected chi connectivity index (χ0v) is 44.5. The first-order valence-corrected chi connectivity index (χ1v) is 29.2. The van der Waals surface area contributed by atoms with Crippen molar-refractivity contribution < 1.29 is 23.8 Å². The van der Waals surface area contributed by atoms with Crippen LogP contribution in [0.5, 0.6) is 0 Å². The maximum atomic E-state index is 12.8. The second-order valence-corrected chi connectivity index (χ2v) is 19.5. The first kappa shape index (κ1) is 63.9. The van der Waals surface area contributed by atoms with Gasteiger partial charge in [0.05, 0.1) is 6.61 Å². The summed E-state index contributed by atoms with van der Waals surface area (Å²) in [5.41, 5.74) is 0. The van der Waals surface area contributed by atoms with Gasteiger partial charge in [0.25, 0.3) is 0 Å². The van der Waals surface area contributed by atoms with E-state index < -0.39 is 6.10 Å². The molecule has 5 heteroatoms. The molecule has 0 radical (unpaired) electrons. The summed E-state index contributed by atoms with van der Waals surface area (Å²) >= 11 is 0. The van der Waals surface area contributed by atoms with E-state index in [0.717, 1.165) is 57.8 Å². The fourth-order valence-corrected chi connectivity index (χ4v) is 8.41. The highest BCUT2D eigenvalue weighted by atomic mass is 16.6. The van der Waals surface area contributed by atoms with Gasteiger partial charge in [-0.3, -0.25) is 9.59 Å². The number of carbonyl (C=O) groups excluding carboxylic acids is 2. The zero-order valence-electron chi connectivity index (χ0n) is 44.5. The predicted molar refractivity (Wildman–Crippen MR) is 288 cm³/mol. The van der Waals surface area contributed by atoms with Crippen LogP contribution in [0.1, 0.15) is 303 Å². The minimum atomic E-state index is -0.544. The van der Waals surface area contributed by atoms with Gasteiger partial charge in [-0.05, 0) is 103 Å². The van der Waals surface area contributed by atoms with Crippen LogP contribution in [0.25, 0.3) is 0 Å². The number of allylic oxidation sites excluding steroid dienone is 8. The second-order valence-electron chi connectivity index (χ2n) is 19.5. The van der Waals surface area contributed by atoms with E-state index in [4.69, 9.17) is 14.2 Å². The maximum Gasteiger partial charge on any atom is 0.306 e. The number of unbranched alkanes of at least 4 members (excludes halogenated alkanes) is 35. The number of ether oxygens (including phenoxy) is 3. The van der Waals surface area contributed by atoms with Crippen LogP contribution in [0.3, 0.4) is 0 Å². The lowest BCUT2D eigenvalue weighted by atomic mass is 10.1. The minimum absolute atomic E-state index is 0.0797. The summed E-state index contributed by atoms with van der Waals surface area (Å²) in [7, 11) is 0. The quantitative estimate of drug-likeness (QED) is 0.0345. The van der Waals surface area contributed by atoms with E-state index in [2.05, 4.69) is 69.4 Å². The Kier molecular flexibility index (Phi) is 55.3. The van der Waals surface area contributed by atoms with Crippen LogP contribution < -0.4 is 0 Å². The van der Waals surface area contributed by atoms with Crippen LogP contribution >= 0.6 is 0 Å². The lowest BCUT2D eigenvalue weighted by molar-refractivity contribution is -0.163. The van der Waals surface area contributed by atoms with Crippen molar-refractivity contribution >= 4 is 11.9 Å². The summed E-state index contributed by atoms with van der Waals surface area (Å²) in [5.74, 6) is -0.401. The fourth-order valence-electron chi connectivity index (χ4n) is 8.41. The molecule has 5 nitrogen and oxygen atoms in total. The summed E-state index contributed by atoms with van der Waals surface area (Å²) in [6.07, 6.45) is 71.3. The molecule has 1 atom stereocenters. The van der Waals surface area contributed by atoms with Gasteiger partial charge >= 0.3 is 11.9 Å². The molecule has 0 amide bonds. The van der Waals surface area contributed by atoms with Crippen molar-refractivity contribution in [1.29, 1.82) is 0 Å². The molecule has 1 unspecified atom stereocenters. The summed E-state index contributed by atoms with van der Waals surface area (Å²) < 4.78 is 17.5. The Morgan fingerprint density at radius 1 is 0.333 bits per heavy atom. The minimum Gasteiger partial charge on any atom is -0.462 e. The van der Waals surface area contributed by atoms with E-state index in [1.807, 2.05) is 0 Å². The highest BCUT2D eigenvalue weighted by Crippen LogP contribution is 2.15. The molecule has 0 aliphatic carbocycles. The lowest BCUT2D eigenvalue weighted by Crippen LogP contribution is -2.30. The average molecular weight is 926 g/mol. The molecular formula is C61H112O5. The van der Waals surface area contributed by atoms with Crippen LogP contribution in [0.2, 0.25) is 0 Å². The molecular weight excluding hydrogens is 813 g/mol. The lowest BCUT2D eigenvalue weighted by Gasteiger charge is -2.18. The van der Waals surface area contributed by atoms with Crippen molar-refractivity contribution in [3.05, 3.63) is 48.6 Å². The van der Waals surface area contributed by atoms with Crippen molar-refractivity contribution in [2.75, 3.05) is 19.8 Å². The molecule has 0 fully saturated rings. The molecule has 0 heterocycles. The number of carbonyl (C=O) groups is 2. The third kappa shape index (κ3) is 54.5. The van der Waals surface area contributed by atoms with Gasteiger partial charge in [0.15, 0.2) is 6.10 Å². The average Bonchev–Trinajstić information content (AvgIpc) is 3.32. The van der Waals surface area contributed by atoms with Gasteiger partial charge in [-0.2, -0.15) is 0 Å². The molecule has 0 aromatic carbocycles. The zero-order chi connectivity index (χ0) is 47.7. The Balaban J connectivity index is 4.26. The van der Waals surface area contributed by atoms with Crippen LogP contribution in [-0.2, 0) is 23.8 Å². The molecule has 0 saturated carbocycles. The van der Waals surface area contributed by atoms with Crippen LogP contribution in [-0.4, -0.2) is 37.9 Å². The summed E-state index contributed by atoms with van der Waals surface area (Å²) in [6.45, 7) is 7.81. The SMILES string of the molecule is CCCCC/C=C\C/C=C\CCCCCCCCCCCC(=O)OCC(COCCCCCCCC/C=C\CCCCCCCC)OC(=O)CCCCCCC/C=C\CCCCCCCC. The summed E-state index contributed by atoms with van der Waals surface area (Å²) in [6, 6.07) is 0. The summed E-state index contributed by atoms with van der Waals surface area (Å²) in [5, 5.41) is 0. The largest absolute Gasteiger partial charge is 0.462 e. The third-order valence-electron chi connectivity index (χ3n) is 12.8. The number of rotatable bonds is 54. The monoisotopic (exact) mass is 925 g/mol. The summed E-state index contributed by atoms with van der Waals surface area (Å²) in [4.78, 5) is 25.5. The maximum absolute atomic E-state index is 12.8. The predicted octanol–water partition coefficient (Wildman–Crippen LogP) is 19.9. The second kappa shape index (κ2) is 57.2. The van der Waals surface area contributed by atoms with Gasteiger partial charge in [0.1, 0.15) is 6.61 Å². The van der Waals surface area contributed by atoms with Gasteiger partial charge in [-0.25, -0.2) is 0 Å². The first-order valence-electron chi connectivity index (χ1n) is 29.2. The van der Waals surface area contributed by atoms with Crippen LogP contribution in [0, 0.1) is 0 Å². The van der Waals surface area contributed by atoms with E-state index in [-0.39, 0.29) is 25.2 Å². The molecule has 66 heavy (non-hydrogen) atoms. The number of hydrogen-bond acceptors (Lipinski definition) is 5. The third-order valence-corrected chi connectivity index (χ3v) is 12.8. The number of esters is 2. The smallest absolute Gasteiger partial charge is 0.306 e. The normalized spacial score (nSPS) is 12.5. The Morgan fingerprint density at radius 3 is 1.05 bits per heavy atom. The van der Waals surface area contributed by atoms with Gasteiger partial charge in [0, 0.05) is 19.4 Å². The highest BCUT2D eigenvalue weighted by Gasteiger charge is 2.17. The first-order chi connectivity index (χ1) is 32.6. The highest BCUT2D eigenvalue weighted by molar-refractivity contribution is 5.70. The van der Waals surface area contributed by atoms with Gasteiger partial charge < -0.3 is 14.2 Å². The molecule has 0 aromatic rings. The van der Waals surface area contributed by atoms with E-state index in [1.54, 1.807) is 0 Å². The molecule has 0 rings (SSSR count). The molecule has 0 bridgehead atoms. The van der Waals surface area contributed by atoms with Crippen molar-refractivity contribution in [2.45, 2.75) is 309 Å². The van der Waals surface area contributed by atoms with E-state index in [9.17, 15) is 9.59 Å². The van der Waals surface area contributed by atoms with Crippen molar-refractivity contribution in [2.24, 2.45) is 0 Å². The number of hydrogen-bond donors (Lipinski definition) is 0. The Bertz CT molecular complexity index is 1090. The molecule has 0 saturated heterocycles. The van der Waals surface area contributed by atoms with E-state index in [1.165, 1.54) is 212 Å². The molecule has 0 aliphatic rings. The molecule has 0 aliphatic heterocycles. The standard InChI is InChI=1S/C61H112O5/c1-4-7-10-13-16-19-22-25-28-30-31-32-34-36-39-42-45-48-51-54-60(62)65-58-59(57-64-56-53-50-47-44-41-38-35-29-26-23-20-17-14-11-8-5-2)66-61(63)55-52-49-46-43-40-37-33-27-24-21-18-15-12-9-6-3/h16,19,25-29,33,59H,4-15,17-18,20-24,30-32,34-58H2,1-3H3/b19-16-,28-25-,29-26-,33-27-. The van der Waals surface area contributed by atoms with E-state index in [0.29, 0.717) is 19.4 Å². The topological polar surface area (TPSA) is 61.8 Å². The Morgan fingerprint density at radius 2 is 0.636 bits per heavy atom. The van der Waals surface area contributed by atoms with Gasteiger partial charge in [-0.1, -0.05) is 236 Å². The molecule has 386 valence electrons. The fraction of sp³-hybridized carbons (Fsp3) is 0.836. The van der Waals surface area contributed by atoms with Crippen LogP contribution in [0.4, 0.5) is 0 Å². The van der Waals surface area contributed by atoms with Gasteiger partial charge in [-0.15, -0.1) is 0 Å². The Hall–Kier alpha value is -2.14. The van der Waals surface area contributed by atoms with Crippen molar-refractivity contribution in [3.8, 4) is 0 Å². The molecule has 0 aromatic heterocycles. The Labute approximate surface area is 412 Å². The van der Waals surface area contributed by atoms with Crippen molar-refractivity contribution in [3.63, 3.8) is 0 Å². The molecule has 0 spiro atoms. The molecule has 0 N–H and O–H groups in total. The van der Waals surface area contributed by atoms with Crippen LogP contribution in [0.15, 0.2) is 48.6 Å².